The molecule has 1 saturated heterocycles. The molecule has 2 N–H and O–H groups in total. The van der Waals surface area contributed by atoms with Crippen molar-refractivity contribution < 1.29 is 27.4 Å². The molecule has 0 bridgehead atoms. The number of aromatic nitrogens is 1. The van der Waals surface area contributed by atoms with Crippen LogP contribution in [0.1, 0.15) is 0 Å². The number of nitrogens with zero attached hydrogens (tertiary/aromatic N) is 2. The van der Waals surface area contributed by atoms with E-state index in [4.69, 9.17) is 4.74 Å². The molecule has 1 fully saturated rings. The summed E-state index contributed by atoms with van der Waals surface area (Å²) in [7, 11) is 1.54. The number of piperazine rings is 1. The fraction of sp³-hybridized carbons (Fsp3) is 0.238. The van der Waals surface area contributed by atoms with Crippen molar-refractivity contribution in [3.8, 4) is 11.5 Å². The predicted molar refractivity (Wildman–Crippen MR) is 110 cm³/mol. The molecule has 162 valence electrons. The van der Waals surface area contributed by atoms with E-state index in [0.717, 1.165) is 5.69 Å². The number of carbonyl (C=O) groups excluding carboxylic acids is 1. The highest BCUT2D eigenvalue weighted by molar-refractivity contribution is 5.94. The molecule has 0 spiro atoms. The van der Waals surface area contributed by atoms with E-state index in [1.807, 2.05) is 17.0 Å². The summed E-state index contributed by atoms with van der Waals surface area (Å²) in [5.41, 5.74) is 2.50. The lowest BCUT2D eigenvalue weighted by molar-refractivity contribution is -0.274. The maximum Gasteiger partial charge on any atom is 0.573 e. The van der Waals surface area contributed by atoms with E-state index < -0.39 is 6.36 Å². The molecule has 4 rings (SSSR count). The molecule has 0 atom stereocenters. The highest BCUT2D eigenvalue weighted by atomic mass is 19.4. The molecule has 0 unspecified atom stereocenters. The third-order valence-corrected chi connectivity index (χ3v) is 4.76. The van der Waals surface area contributed by atoms with Crippen molar-refractivity contribution >= 4 is 33.9 Å². The van der Waals surface area contributed by atoms with Gasteiger partial charge in [0.2, 0.25) is 5.91 Å². The average Bonchev–Trinajstić information content (AvgIpc) is 2.73. The summed E-state index contributed by atoms with van der Waals surface area (Å²) in [6.45, 7) is 1.41. The largest absolute Gasteiger partial charge is 0.573 e. The minimum absolute atomic E-state index is 0.0686. The SMILES string of the molecule is COc1cc(Nc2ccnc3ccc(OC(F)(F)F)cc23)cc(N2CCNC(=O)C2)c1. The number of halogens is 3. The Hall–Kier alpha value is -3.69. The zero-order valence-electron chi connectivity index (χ0n) is 16.5. The monoisotopic (exact) mass is 432 g/mol. The predicted octanol–water partition coefficient (Wildman–Crippen LogP) is 3.82. The average molecular weight is 432 g/mol. The summed E-state index contributed by atoms with van der Waals surface area (Å²) in [4.78, 5) is 17.9. The van der Waals surface area contributed by atoms with Gasteiger partial charge >= 0.3 is 6.36 Å². The van der Waals surface area contributed by atoms with Crippen molar-refractivity contribution in [1.82, 2.24) is 10.3 Å². The Labute approximate surface area is 175 Å². The Balaban J connectivity index is 1.69. The molecular weight excluding hydrogens is 413 g/mol. The summed E-state index contributed by atoms with van der Waals surface area (Å²) in [5.74, 6) is 0.174. The normalized spacial score (nSPS) is 14.3. The maximum absolute atomic E-state index is 12.6. The van der Waals surface area contributed by atoms with Gasteiger partial charge in [-0.05, 0) is 30.3 Å². The zero-order valence-corrected chi connectivity index (χ0v) is 16.5. The number of nitrogens with one attached hydrogen (secondary N) is 2. The van der Waals surface area contributed by atoms with Gasteiger partial charge in [-0.25, -0.2) is 0 Å². The Morgan fingerprint density at radius 1 is 1.13 bits per heavy atom. The van der Waals surface area contributed by atoms with Crippen molar-refractivity contribution in [2.45, 2.75) is 6.36 Å². The van der Waals surface area contributed by atoms with Crippen LogP contribution in [0, 0.1) is 0 Å². The number of rotatable bonds is 5. The second-order valence-corrected chi connectivity index (χ2v) is 6.90. The lowest BCUT2D eigenvalue weighted by Crippen LogP contribution is -2.47. The van der Waals surface area contributed by atoms with Gasteiger partial charge in [-0.1, -0.05) is 0 Å². The number of benzene rings is 2. The summed E-state index contributed by atoms with van der Waals surface area (Å²) in [6, 6.07) is 11.1. The van der Waals surface area contributed by atoms with Crippen LogP contribution in [0.3, 0.4) is 0 Å². The molecule has 3 aromatic rings. The summed E-state index contributed by atoms with van der Waals surface area (Å²) in [5, 5.41) is 6.46. The quantitative estimate of drug-likeness (QED) is 0.639. The number of carbonyl (C=O) groups is 1. The Kier molecular flexibility index (Phi) is 5.45. The first-order chi connectivity index (χ1) is 14.8. The van der Waals surface area contributed by atoms with E-state index >= 15 is 0 Å². The number of amides is 1. The summed E-state index contributed by atoms with van der Waals surface area (Å²) < 4.78 is 47.3. The summed E-state index contributed by atoms with van der Waals surface area (Å²) >= 11 is 0. The third-order valence-electron chi connectivity index (χ3n) is 4.76. The Bertz CT molecular complexity index is 1120. The van der Waals surface area contributed by atoms with Gasteiger partial charge < -0.3 is 25.0 Å². The molecule has 0 radical (unpaired) electrons. The van der Waals surface area contributed by atoms with Crippen LogP contribution in [0.2, 0.25) is 0 Å². The Morgan fingerprint density at radius 3 is 2.71 bits per heavy atom. The van der Waals surface area contributed by atoms with E-state index in [-0.39, 0.29) is 18.2 Å². The molecule has 10 heteroatoms. The van der Waals surface area contributed by atoms with Gasteiger partial charge in [0.1, 0.15) is 11.5 Å². The van der Waals surface area contributed by atoms with Gasteiger partial charge in [-0.15, -0.1) is 13.2 Å². The number of methoxy groups -OCH3 is 1. The molecule has 7 nitrogen and oxygen atoms in total. The van der Waals surface area contributed by atoms with Crippen molar-refractivity contribution in [2.24, 2.45) is 0 Å². The van der Waals surface area contributed by atoms with Crippen LogP contribution in [-0.2, 0) is 4.79 Å². The smallest absolute Gasteiger partial charge is 0.497 e. The van der Waals surface area contributed by atoms with Crippen molar-refractivity contribution in [1.29, 1.82) is 0 Å². The van der Waals surface area contributed by atoms with Gasteiger partial charge in [-0.3, -0.25) is 9.78 Å². The van der Waals surface area contributed by atoms with Crippen LogP contribution >= 0.6 is 0 Å². The molecule has 1 aromatic heterocycles. The molecule has 2 aromatic carbocycles. The topological polar surface area (TPSA) is 75.7 Å². The van der Waals surface area contributed by atoms with E-state index in [1.54, 1.807) is 18.3 Å². The minimum atomic E-state index is -4.79. The maximum atomic E-state index is 12.6. The molecule has 1 aliphatic heterocycles. The Morgan fingerprint density at radius 2 is 1.97 bits per heavy atom. The summed E-state index contributed by atoms with van der Waals surface area (Å²) in [6.07, 6.45) is -3.23. The minimum Gasteiger partial charge on any atom is -0.497 e. The number of pyridine rings is 1. The molecule has 1 aliphatic rings. The number of hydrogen-bond donors (Lipinski definition) is 2. The van der Waals surface area contributed by atoms with E-state index in [1.165, 1.54) is 25.3 Å². The molecule has 1 amide bonds. The van der Waals surface area contributed by atoms with Gasteiger partial charge in [0.15, 0.2) is 0 Å². The second-order valence-electron chi connectivity index (χ2n) is 6.90. The van der Waals surface area contributed by atoms with Crippen LogP contribution in [-0.4, -0.2) is 44.0 Å². The first-order valence-corrected chi connectivity index (χ1v) is 9.43. The number of anilines is 3. The molecule has 0 aliphatic carbocycles. The van der Waals surface area contributed by atoms with Gasteiger partial charge in [0.05, 0.1) is 19.2 Å². The molecule has 0 saturated carbocycles. The number of hydrogen-bond acceptors (Lipinski definition) is 6. The molecular formula is C21H19F3N4O3. The highest BCUT2D eigenvalue weighted by Gasteiger charge is 2.31. The lowest BCUT2D eigenvalue weighted by Gasteiger charge is -2.29. The second kappa shape index (κ2) is 8.21. The van der Waals surface area contributed by atoms with Crippen molar-refractivity contribution in [3.63, 3.8) is 0 Å². The van der Waals surface area contributed by atoms with Crippen molar-refractivity contribution in [3.05, 3.63) is 48.7 Å². The zero-order chi connectivity index (χ0) is 22.0. The van der Waals surface area contributed by atoms with Crippen LogP contribution in [0.5, 0.6) is 11.5 Å². The van der Waals surface area contributed by atoms with Gasteiger partial charge in [0.25, 0.3) is 0 Å². The fourth-order valence-corrected chi connectivity index (χ4v) is 3.40. The van der Waals surface area contributed by atoms with Crippen LogP contribution in [0.15, 0.2) is 48.7 Å². The first-order valence-electron chi connectivity index (χ1n) is 9.43. The fourth-order valence-electron chi connectivity index (χ4n) is 3.40. The third kappa shape index (κ3) is 4.90. The number of ether oxygens (including phenoxy) is 2. The molecule has 31 heavy (non-hydrogen) atoms. The van der Waals surface area contributed by atoms with E-state index in [9.17, 15) is 18.0 Å². The van der Waals surface area contributed by atoms with E-state index in [0.29, 0.717) is 41.1 Å². The number of fused-ring (bicyclic) bond motifs is 1. The van der Waals surface area contributed by atoms with E-state index in [2.05, 4.69) is 20.4 Å². The van der Waals surface area contributed by atoms with Crippen LogP contribution < -0.4 is 25.0 Å². The van der Waals surface area contributed by atoms with Crippen LogP contribution in [0.4, 0.5) is 30.2 Å². The highest BCUT2D eigenvalue weighted by Crippen LogP contribution is 2.33. The van der Waals surface area contributed by atoms with Crippen LogP contribution in [0.25, 0.3) is 10.9 Å². The van der Waals surface area contributed by atoms with Gasteiger partial charge in [-0.2, -0.15) is 0 Å². The van der Waals surface area contributed by atoms with Crippen molar-refractivity contribution in [2.75, 3.05) is 37.0 Å². The molecule has 2 heterocycles. The van der Waals surface area contributed by atoms with Gasteiger partial charge in [0, 0.05) is 53.9 Å². The standard InChI is InChI=1S/C21H19F3N4O3/c1-30-16-9-13(8-14(10-16)28-7-6-26-20(29)12-28)27-19-4-5-25-18-3-2-15(11-17(18)19)31-21(22,23)24/h2-5,8-11H,6-7,12H2,1H3,(H,25,27)(H,26,29). The number of alkyl halides is 3. The lowest BCUT2D eigenvalue weighted by atomic mass is 10.1. The first kappa shape index (κ1) is 20.6.